The minimum atomic E-state index is -1.03. The quantitative estimate of drug-likeness (QED) is 0.775. The number of anilines is 2. The van der Waals surface area contributed by atoms with E-state index in [1.807, 2.05) is 0 Å². The van der Waals surface area contributed by atoms with E-state index >= 15 is 0 Å². The van der Waals surface area contributed by atoms with Crippen LogP contribution in [0.15, 0.2) is 58.9 Å². The van der Waals surface area contributed by atoms with E-state index in [4.69, 9.17) is 4.74 Å². The Hall–Kier alpha value is -3.82. The molecule has 9 nitrogen and oxygen atoms in total. The highest BCUT2D eigenvalue weighted by Crippen LogP contribution is 2.31. The van der Waals surface area contributed by atoms with Crippen molar-refractivity contribution in [2.45, 2.75) is 12.1 Å². The summed E-state index contributed by atoms with van der Waals surface area (Å²) >= 11 is 0. The Bertz CT molecular complexity index is 1010. The fourth-order valence-electron chi connectivity index (χ4n) is 3.25. The second kappa shape index (κ2) is 7.30. The van der Waals surface area contributed by atoms with Crippen molar-refractivity contribution in [3.63, 3.8) is 0 Å². The number of ether oxygens (including phenoxy) is 1. The van der Waals surface area contributed by atoms with E-state index in [1.54, 1.807) is 24.3 Å². The maximum absolute atomic E-state index is 13.1. The molecule has 2 aliphatic heterocycles. The highest BCUT2D eigenvalue weighted by atomic mass is 19.1. The first-order valence-corrected chi connectivity index (χ1v) is 8.72. The Morgan fingerprint density at radius 3 is 2.66 bits per heavy atom. The number of benzene rings is 2. The van der Waals surface area contributed by atoms with Gasteiger partial charge in [-0.05, 0) is 36.4 Å². The minimum Gasteiger partial charge on any atom is -0.497 e. The maximum Gasteiger partial charge on any atom is 0.263 e. The van der Waals surface area contributed by atoms with Crippen molar-refractivity contribution in [2.75, 3.05) is 23.9 Å². The van der Waals surface area contributed by atoms with Gasteiger partial charge in [0.25, 0.3) is 11.8 Å². The number of carbonyl (C=O) groups excluding carboxylic acids is 3. The Labute approximate surface area is 164 Å². The average Bonchev–Trinajstić information content (AvgIpc) is 3.23. The van der Waals surface area contributed by atoms with E-state index in [0.717, 1.165) is 17.0 Å². The molecule has 0 aromatic heterocycles. The first-order chi connectivity index (χ1) is 14.0. The Morgan fingerprint density at radius 1 is 1.17 bits per heavy atom. The number of rotatable bonds is 5. The molecule has 4 rings (SSSR count). The van der Waals surface area contributed by atoms with Crippen molar-refractivity contribution in [1.82, 2.24) is 5.01 Å². The van der Waals surface area contributed by atoms with Crippen LogP contribution in [0.2, 0.25) is 0 Å². The average molecular weight is 397 g/mol. The smallest absolute Gasteiger partial charge is 0.263 e. The van der Waals surface area contributed by atoms with E-state index < -0.39 is 35.6 Å². The summed E-state index contributed by atoms with van der Waals surface area (Å²) in [5.74, 6) is -1.46. The molecule has 0 unspecified atom stereocenters. The molecule has 0 bridgehead atoms. The summed E-state index contributed by atoms with van der Waals surface area (Å²) in [4.78, 5) is 38.7. The largest absolute Gasteiger partial charge is 0.497 e. The normalized spacial score (nSPS) is 20.2. The minimum absolute atomic E-state index is 0.242. The molecule has 3 amide bonds. The number of methoxy groups -OCH3 is 1. The summed E-state index contributed by atoms with van der Waals surface area (Å²) in [6.07, 6.45) is 0. The predicted molar refractivity (Wildman–Crippen MR) is 99.7 cm³/mol. The Morgan fingerprint density at radius 2 is 1.93 bits per heavy atom. The lowest BCUT2D eigenvalue weighted by atomic mass is 10.1. The molecule has 0 saturated carbocycles. The molecule has 2 aliphatic rings. The molecule has 2 aromatic carbocycles. The number of halogens is 1. The van der Waals surface area contributed by atoms with Gasteiger partial charge < -0.3 is 10.1 Å². The summed E-state index contributed by atoms with van der Waals surface area (Å²) in [5.41, 5.74) is 0.760. The van der Waals surface area contributed by atoms with Crippen LogP contribution in [0.1, 0.15) is 0 Å². The van der Waals surface area contributed by atoms with Gasteiger partial charge >= 0.3 is 0 Å². The third-order valence-electron chi connectivity index (χ3n) is 4.60. The van der Waals surface area contributed by atoms with Crippen LogP contribution in [-0.2, 0) is 14.4 Å². The van der Waals surface area contributed by atoms with Crippen LogP contribution in [-0.4, -0.2) is 48.5 Å². The summed E-state index contributed by atoms with van der Waals surface area (Å²) in [5, 5.41) is 11.5. The van der Waals surface area contributed by atoms with Crippen LogP contribution >= 0.6 is 0 Å². The van der Waals surface area contributed by atoms with Crippen molar-refractivity contribution in [1.29, 1.82) is 0 Å². The van der Waals surface area contributed by atoms with Gasteiger partial charge in [0, 0.05) is 11.8 Å². The van der Waals surface area contributed by atoms with Crippen LogP contribution < -0.4 is 15.0 Å². The van der Waals surface area contributed by atoms with Gasteiger partial charge in [-0.25, -0.2) is 9.29 Å². The fourth-order valence-corrected chi connectivity index (χ4v) is 3.25. The van der Waals surface area contributed by atoms with Gasteiger partial charge in [0.15, 0.2) is 12.1 Å². The number of hydrogen-bond acceptors (Lipinski definition) is 7. The number of amides is 3. The molecular weight excluding hydrogens is 381 g/mol. The molecular formula is C19H16FN5O4. The summed E-state index contributed by atoms with van der Waals surface area (Å²) in [6, 6.07) is 9.74. The lowest BCUT2D eigenvalue weighted by molar-refractivity contribution is -0.123. The number of nitrogens with zero attached hydrogens (tertiary/aromatic N) is 4. The summed E-state index contributed by atoms with van der Waals surface area (Å²) in [7, 11) is 1.52. The van der Waals surface area contributed by atoms with Gasteiger partial charge in [-0.1, -0.05) is 11.3 Å². The van der Waals surface area contributed by atoms with Gasteiger partial charge in [0.2, 0.25) is 5.91 Å². The fraction of sp³-hybridized carbons (Fsp3) is 0.211. The first kappa shape index (κ1) is 18.5. The van der Waals surface area contributed by atoms with Crippen molar-refractivity contribution in [3.05, 3.63) is 54.3 Å². The third-order valence-corrected chi connectivity index (χ3v) is 4.60. The zero-order valence-electron chi connectivity index (χ0n) is 15.3. The lowest BCUT2D eigenvalue weighted by Crippen LogP contribution is -2.43. The highest BCUT2D eigenvalue weighted by Gasteiger charge is 2.55. The number of nitrogens with one attached hydrogen (secondary N) is 1. The second-order valence-electron chi connectivity index (χ2n) is 6.46. The van der Waals surface area contributed by atoms with Crippen molar-refractivity contribution in [2.24, 2.45) is 10.3 Å². The summed E-state index contributed by atoms with van der Waals surface area (Å²) in [6.45, 7) is -0.266. The first-order valence-electron chi connectivity index (χ1n) is 8.72. The van der Waals surface area contributed by atoms with Gasteiger partial charge in [0.1, 0.15) is 18.1 Å². The molecule has 2 aromatic rings. The number of fused-ring (bicyclic) bond motifs is 1. The molecule has 0 aliphatic carbocycles. The van der Waals surface area contributed by atoms with Crippen molar-refractivity contribution >= 4 is 29.1 Å². The van der Waals surface area contributed by atoms with Gasteiger partial charge in [-0.2, -0.15) is 5.11 Å². The lowest BCUT2D eigenvalue weighted by Gasteiger charge is -2.20. The topological polar surface area (TPSA) is 104 Å². The van der Waals surface area contributed by atoms with Gasteiger partial charge in [-0.3, -0.25) is 19.4 Å². The van der Waals surface area contributed by atoms with Gasteiger partial charge in [-0.15, -0.1) is 0 Å². The zero-order valence-corrected chi connectivity index (χ0v) is 15.3. The molecule has 2 atom stereocenters. The highest BCUT2D eigenvalue weighted by molar-refractivity contribution is 6.25. The van der Waals surface area contributed by atoms with Crippen LogP contribution in [0, 0.1) is 5.82 Å². The number of carbonyl (C=O) groups is 3. The van der Waals surface area contributed by atoms with E-state index in [2.05, 4.69) is 15.7 Å². The third kappa shape index (κ3) is 3.40. The molecule has 10 heteroatoms. The molecule has 148 valence electrons. The number of hydrogen-bond donors (Lipinski definition) is 1. The van der Waals surface area contributed by atoms with Crippen LogP contribution in [0.25, 0.3) is 0 Å². The van der Waals surface area contributed by atoms with Crippen LogP contribution in [0.5, 0.6) is 5.75 Å². The maximum atomic E-state index is 13.1. The molecule has 29 heavy (non-hydrogen) atoms. The summed E-state index contributed by atoms with van der Waals surface area (Å²) < 4.78 is 18.3. The predicted octanol–water partition coefficient (Wildman–Crippen LogP) is 1.77. The van der Waals surface area contributed by atoms with Crippen molar-refractivity contribution in [3.8, 4) is 5.75 Å². The Kier molecular flexibility index (Phi) is 4.67. The monoisotopic (exact) mass is 397 g/mol. The molecule has 2 heterocycles. The number of imide groups is 1. The van der Waals surface area contributed by atoms with E-state index in [9.17, 15) is 18.8 Å². The molecule has 1 saturated heterocycles. The molecule has 0 spiro atoms. The van der Waals surface area contributed by atoms with E-state index in [0.29, 0.717) is 11.4 Å². The van der Waals surface area contributed by atoms with E-state index in [-0.39, 0.29) is 12.2 Å². The SMILES string of the molecule is COc1cccc(NC(=O)CN2N=N[C@H]3C(=O)N(c4ccc(F)cc4)C(=O)[C@H]32)c1. The molecule has 1 N–H and O–H groups in total. The van der Waals surface area contributed by atoms with Crippen LogP contribution in [0.4, 0.5) is 15.8 Å². The molecule has 0 radical (unpaired) electrons. The van der Waals surface area contributed by atoms with Gasteiger partial charge in [0.05, 0.1) is 12.8 Å². The standard InChI is InChI=1S/C19H16FN5O4/c1-29-14-4-2-3-12(9-14)21-15(26)10-24-17-16(22-23-24)18(27)25(19(17)28)13-7-5-11(20)6-8-13/h2-9,16-17H,10H2,1H3,(H,21,26)/t16-,17+/m1/s1. The second-order valence-corrected chi connectivity index (χ2v) is 6.46. The molecule has 1 fully saturated rings. The Balaban J connectivity index is 1.47. The van der Waals surface area contributed by atoms with Crippen LogP contribution in [0.3, 0.4) is 0 Å². The van der Waals surface area contributed by atoms with E-state index in [1.165, 1.54) is 24.3 Å². The van der Waals surface area contributed by atoms with Crippen molar-refractivity contribution < 1.29 is 23.5 Å². The zero-order chi connectivity index (χ0) is 20.5.